The molecule has 1 saturated heterocycles. The summed E-state index contributed by atoms with van der Waals surface area (Å²) < 4.78 is 5.46. The number of hydrogen-bond acceptors (Lipinski definition) is 3. The minimum atomic E-state index is -0.722. The third-order valence-electron chi connectivity index (χ3n) is 3.72. The molecule has 0 aromatic rings. The summed E-state index contributed by atoms with van der Waals surface area (Å²) in [5.41, 5.74) is 0. The van der Waals surface area contributed by atoms with Gasteiger partial charge in [0.1, 0.15) is 0 Å². The third kappa shape index (κ3) is 2.49. The van der Waals surface area contributed by atoms with Gasteiger partial charge in [0.15, 0.2) is 0 Å². The first kappa shape index (κ1) is 10.9. The molecule has 4 nitrogen and oxygen atoms in total. The Morgan fingerprint density at radius 2 is 1.87 bits per heavy atom. The molecule has 1 heterocycles. The monoisotopic (exact) mass is 214 g/mol. The molecule has 15 heavy (non-hydrogen) atoms. The molecule has 2 N–H and O–H groups in total. The van der Waals surface area contributed by atoms with E-state index in [-0.39, 0.29) is 12.5 Å². The quantitative estimate of drug-likeness (QED) is 0.732. The lowest BCUT2D eigenvalue weighted by atomic mass is 9.68. The van der Waals surface area contributed by atoms with Crippen LogP contribution in [-0.2, 0) is 9.53 Å². The number of carboxylic acid groups (broad SMARTS) is 1. The summed E-state index contributed by atoms with van der Waals surface area (Å²) in [6.45, 7) is 1.38. The molecule has 2 bridgehead atoms. The standard InChI is InChI=1S/C11H18O4/c12-9-3-7-5-15-6-8(4-9)10(7)1-2-11(13)14/h7-10,12H,1-6H2,(H,13,14). The average Bonchev–Trinajstić information content (AvgIpc) is 2.14. The third-order valence-corrected chi connectivity index (χ3v) is 3.72. The summed E-state index contributed by atoms with van der Waals surface area (Å²) in [6, 6.07) is 0. The molecular formula is C11H18O4. The number of ether oxygens (including phenoxy) is 1. The number of carboxylic acids is 1. The molecule has 2 atom stereocenters. The van der Waals surface area contributed by atoms with Crippen molar-refractivity contribution in [2.75, 3.05) is 13.2 Å². The van der Waals surface area contributed by atoms with Gasteiger partial charge in [-0.25, -0.2) is 0 Å². The summed E-state index contributed by atoms with van der Waals surface area (Å²) in [4.78, 5) is 10.5. The summed E-state index contributed by atoms with van der Waals surface area (Å²) in [5.74, 6) is 0.456. The molecule has 1 aliphatic heterocycles. The van der Waals surface area contributed by atoms with Crippen LogP contribution in [0.25, 0.3) is 0 Å². The van der Waals surface area contributed by atoms with Gasteiger partial charge >= 0.3 is 5.97 Å². The first-order valence-corrected chi connectivity index (χ1v) is 5.64. The fourth-order valence-corrected chi connectivity index (χ4v) is 3.05. The lowest BCUT2D eigenvalue weighted by Crippen LogP contribution is -2.44. The van der Waals surface area contributed by atoms with E-state index in [1.54, 1.807) is 0 Å². The maximum absolute atomic E-state index is 10.5. The van der Waals surface area contributed by atoms with Gasteiger partial charge in [0.05, 0.1) is 6.10 Å². The van der Waals surface area contributed by atoms with Crippen LogP contribution in [0.1, 0.15) is 25.7 Å². The lowest BCUT2D eigenvalue weighted by Gasteiger charge is -2.44. The molecule has 86 valence electrons. The highest BCUT2D eigenvalue weighted by Gasteiger charge is 2.40. The van der Waals surface area contributed by atoms with E-state index in [9.17, 15) is 9.90 Å². The van der Waals surface area contributed by atoms with Crippen LogP contribution in [0.5, 0.6) is 0 Å². The highest BCUT2D eigenvalue weighted by molar-refractivity contribution is 5.66. The average molecular weight is 214 g/mol. The SMILES string of the molecule is O=C(O)CCC1C2COCC1CC(O)C2. The van der Waals surface area contributed by atoms with Crippen molar-refractivity contribution < 1.29 is 19.7 Å². The number of aliphatic hydroxyl groups is 1. The van der Waals surface area contributed by atoms with Crippen LogP contribution in [0.2, 0.25) is 0 Å². The molecule has 2 aliphatic rings. The summed E-state index contributed by atoms with van der Waals surface area (Å²) in [6.07, 6.45) is 2.33. The van der Waals surface area contributed by atoms with Gasteiger partial charge in [-0.15, -0.1) is 0 Å². The van der Waals surface area contributed by atoms with E-state index < -0.39 is 5.97 Å². The Morgan fingerprint density at radius 3 is 2.40 bits per heavy atom. The Hall–Kier alpha value is -0.610. The number of carbonyl (C=O) groups is 1. The molecule has 0 spiro atoms. The Morgan fingerprint density at radius 1 is 1.27 bits per heavy atom. The van der Waals surface area contributed by atoms with Gasteiger partial charge < -0.3 is 14.9 Å². The van der Waals surface area contributed by atoms with Gasteiger partial charge in [-0.2, -0.15) is 0 Å². The molecule has 0 aromatic carbocycles. The molecule has 1 aliphatic carbocycles. The molecule has 4 heteroatoms. The van der Waals surface area contributed by atoms with Crippen LogP contribution in [0.4, 0.5) is 0 Å². The molecule has 0 aromatic heterocycles. The largest absolute Gasteiger partial charge is 0.481 e. The van der Waals surface area contributed by atoms with Crippen LogP contribution < -0.4 is 0 Å². The van der Waals surface area contributed by atoms with E-state index in [2.05, 4.69) is 0 Å². The van der Waals surface area contributed by atoms with Crippen molar-refractivity contribution in [3.63, 3.8) is 0 Å². The van der Waals surface area contributed by atoms with Crippen LogP contribution >= 0.6 is 0 Å². The number of fused-ring (bicyclic) bond motifs is 2. The Balaban J connectivity index is 1.95. The zero-order chi connectivity index (χ0) is 10.8. The fourth-order valence-electron chi connectivity index (χ4n) is 3.05. The number of aliphatic carboxylic acids is 1. The maximum atomic E-state index is 10.5. The second kappa shape index (κ2) is 4.49. The second-order valence-corrected chi connectivity index (χ2v) is 4.78. The van der Waals surface area contributed by atoms with Crippen molar-refractivity contribution in [2.45, 2.75) is 31.8 Å². The van der Waals surface area contributed by atoms with Crippen LogP contribution in [0.3, 0.4) is 0 Å². The maximum Gasteiger partial charge on any atom is 0.303 e. The van der Waals surface area contributed by atoms with Gasteiger partial charge in [0.2, 0.25) is 0 Å². The highest BCUT2D eigenvalue weighted by Crippen LogP contribution is 2.41. The molecule has 2 unspecified atom stereocenters. The smallest absolute Gasteiger partial charge is 0.303 e. The van der Waals surface area contributed by atoms with Gasteiger partial charge in [-0.1, -0.05) is 0 Å². The fraction of sp³-hybridized carbons (Fsp3) is 0.909. The molecule has 2 rings (SSSR count). The minimum absolute atomic E-state index is 0.204. The van der Waals surface area contributed by atoms with E-state index >= 15 is 0 Å². The molecule has 1 saturated carbocycles. The molecule has 2 fully saturated rings. The first-order valence-electron chi connectivity index (χ1n) is 5.64. The summed E-state index contributed by atoms with van der Waals surface area (Å²) in [7, 11) is 0. The van der Waals surface area contributed by atoms with E-state index in [4.69, 9.17) is 9.84 Å². The van der Waals surface area contributed by atoms with E-state index in [0.717, 1.165) is 19.3 Å². The number of hydrogen-bond donors (Lipinski definition) is 2. The topological polar surface area (TPSA) is 66.8 Å². The van der Waals surface area contributed by atoms with Crippen molar-refractivity contribution in [1.29, 1.82) is 0 Å². The predicted octanol–water partition coefficient (Wildman–Crippen LogP) is 0.885. The lowest BCUT2D eigenvalue weighted by molar-refractivity contribution is -0.139. The Labute approximate surface area is 89.2 Å². The molecule has 0 amide bonds. The molecular weight excluding hydrogens is 196 g/mol. The highest BCUT2D eigenvalue weighted by atomic mass is 16.5. The van der Waals surface area contributed by atoms with Crippen molar-refractivity contribution in [3.8, 4) is 0 Å². The minimum Gasteiger partial charge on any atom is -0.481 e. The number of rotatable bonds is 3. The van der Waals surface area contributed by atoms with Gasteiger partial charge in [0.25, 0.3) is 0 Å². The molecule has 0 radical (unpaired) electrons. The van der Waals surface area contributed by atoms with E-state index in [1.165, 1.54) is 0 Å². The summed E-state index contributed by atoms with van der Waals surface area (Å²) in [5, 5.41) is 18.3. The van der Waals surface area contributed by atoms with E-state index in [0.29, 0.717) is 31.0 Å². The Kier molecular flexibility index (Phi) is 3.26. The van der Waals surface area contributed by atoms with Crippen LogP contribution in [0.15, 0.2) is 0 Å². The van der Waals surface area contributed by atoms with Crippen LogP contribution in [0, 0.1) is 17.8 Å². The van der Waals surface area contributed by atoms with Crippen molar-refractivity contribution in [3.05, 3.63) is 0 Å². The van der Waals surface area contributed by atoms with E-state index in [1.807, 2.05) is 0 Å². The van der Waals surface area contributed by atoms with Crippen LogP contribution in [-0.4, -0.2) is 35.5 Å². The second-order valence-electron chi connectivity index (χ2n) is 4.78. The number of aliphatic hydroxyl groups excluding tert-OH is 1. The summed E-state index contributed by atoms with van der Waals surface area (Å²) >= 11 is 0. The van der Waals surface area contributed by atoms with Gasteiger partial charge in [0, 0.05) is 19.6 Å². The normalized spacial score (nSPS) is 40.1. The zero-order valence-electron chi connectivity index (χ0n) is 8.76. The Bertz CT molecular complexity index is 227. The van der Waals surface area contributed by atoms with Crippen molar-refractivity contribution in [2.24, 2.45) is 17.8 Å². The first-order chi connectivity index (χ1) is 7.16. The zero-order valence-corrected chi connectivity index (χ0v) is 8.76. The predicted molar refractivity (Wildman–Crippen MR) is 53.4 cm³/mol. The van der Waals surface area contributed by atoms with Crippen molar-refractivity contribution >= 4 is 5.97 Å². The van der Waals surface area contributed by atoms with Gasteiger partial charge in [-0.3, -0.25) is 4.79 Å². The van der Waals surface area contributed by atoms with Gasteiger partial charge in [-0.05, 0) is 37.0 Å². The van der Waals surface area contributed by atoms with Crippen molar-refractivity contribution in [1.82, 2.24) is 0 Å².